The van der Waals surface area contributed by atoms with Gasteiger partial charge in [-0.15, -0.1) is 0 Å². The normalized spacial score (nSPS) is 11.1. The Bertz CT molecular complexity index is 688. The van der Waals surface area contributed by atoms with Crippen LogP contribution in [-0.2, 0) is 4.79 Å². The summed E-state index contributed by atoms with van der Waals surface area (Å²) in [5.74, 6) is 0.00302. The molecule has 1 aromatic carbocycles. The fraction of sp³-hybridized carbons (Fsp3) is 0.474. The van der Waals surface area contributed by atoms with Crippen LogP contribution in [0.4, 0.5) is 5.69 Å². The minimum atomic E-state index is 0.00302. The molecule has 1 heterocycles. The average Bonchev–Trinajstić information content (AvgIpc) is 2.81. The molecule has 1 N–H and O–H groups in total. The second-order valence-corrected chi connectivity index (χ2v) is 6.43. The first-order valence-electron chi connectivity index (χ1n) is 8.54. The molecule has 0 aliphatic rings. The highest BCUT2D eigenvalue weighted by atomic mass is 16.2. The SMILES string of the molecule is CCCCN(C)CC(=O)Nc1c(C)nn(-c2ccc(C)cc2)c1C. The summed E-state index contributed by atoms with van der Waals surface area (Å²) in [4.78, 5) is 14.3. The van der Waals surface area contributed by atoms with Crippen LogP contribution in [0.5, 0.6) is 0 Å². The van der Waals surface area contributed by atoms with E-state index >= 15 is 0 Å². The fourth-order valence-corrected chi connectivity index (χ4v) is 2.69. The maximum atomic E-state index is 12.3. The first kappa shape index (κ1) is 18.2. The van der Waals surface area contributed by atoms with E-state index in [9.17, 15) is 4.79 Å². The van der Waals surface area contributed by atoms with Crippen LogP contribution in [0.25, 0.3) is 5.69 Å². The summed E-state index contributed by atoms with van der Waals surface area (Å²) in [5, 5.41) is 7.60. The van der Waals surface area contributed by atoms with Crippen LogP contribution in [0.1, 0.15) is 36.7 Å². The molecule has 0 fully saturated rings. The Kier molecular flexibility index (Phi) is 6.15. The molecular weight excluding hydrogens is 300 g/mol. The molecule has 0 bridgehead atoms. The molecule has 0 spiro atoms. The van der Waals surface area contributed by atoms with Crippen LogP contribution < -0.4 is 5.32 Å². The minimum absolute atomic E-state index is 0.00302. The first-order chi connectivity index (χ1) is 11.4. The number of carbonyl (C=O) groups is 1. The Morgan fingerprint density at radius 2 is 1.88 bits per heavy atom. The molecule has 0 unspecified atom stereocenters. The molecule has 0 saturated heterocycles. The van der Waals surface area contributed by atoms with Crippen molar-refractivity contribution in [3.63, 3.8) is 0 Å². The summed E-state index contributed by atoms with van der Waals surface area (Å²) >= 11 is 0. The van der Waals surface area contributed by atoms with Crippen LogP contribution in [0, 0.1) is 20.8 Å². The lowest BCUT2D eigenvalue weighted by Gasteiger charge is -2.15. The third-order valence-corrected chi connectivity index (χ3v) is 4.14. The second-order valence-electron chi connectivity index (χ2n) is 6.43. The van der Waals surface area contributed by atoms with Crippen molar-refractivity contribution in [2.24, 2.45) is 0 Å². The minimum Gasteiger partial charge on any atom is -0.322 e. The van der Waals surface area contributed by atoms with Gasteiger partial charge in [-0.2, -0.15) is 5.10 Å². The third-order valence-electron chi connectivity index (χ3n) is 4.14. The average molecular weight is 328 g/mol. The predicted octanol–water partition coefficient (Wildman–Crippen LogP) is 3.47. The van der Waals surface area contributed by atoms with Gasteiger partial charge in [-0.3, -0.25) is 9.69 Å². The van der Waals surface area contributed by atoms with E-state index in [1.54, 1.807) is 0 Å². The number of rotatable bonds is 7. The first-order valence-corrected chi connectivity index (χ1v) is 8.54. The van der Waals surface area contributed by atoms with E-state index in [1.165, 1.54) is 5.56 Å². The van der Waals surface area contributed by atoms with E-state index in [0.29, 0.717) is 6.54 Å². The van der Waals surface area contributed by atoms with Gasteiger partial charge in [0.15, 0.2) is 0 Å². The van der Waals surface area contributed by atoms with Gasteiger partial charge in [0.2, 0.25) is 5.91 Å². The van der Waals surface area contributed by atoms with Gasteiger partial charge in [0.25, 0.3) is 0 Å². The van der Waals surface area contributed by atoms with Gasteiger partial charge in [0.1, 0.15) is 0 Å². The zero-order valence-corrected chi connectivity index (χ0v) is 15.4. The number of benzene rings is 1. The van der Waals surface area contributed by atoms with Gasteiger partial charge < -0.3 is 5.32 Å². The number of nitrogens with one attached hydrogen (secondary N) is 1. The van der Waals surface area contributed by atoms with Crippen LogP contribution in [0.2, 0.25) is 0 Å². The molecule has 0 atom stereocenters. The maximum Gasteiger partial charge on any atom is 0.238 e. The largest absolute Gasteiger partial charge is 0.322 e. The van der Waals surface area contributed by atoms with Gasteiger partial charge in [-0.25, -0.2) is 4.68 Å². The smallest absolute Gasteiger partial charge is 0.238 e. The highest BCUT2D eigenvalue weighted by molar-refractivity contribution is 5.93. The molecule has 24 heavy (non-hydrogen) atoms. The third kappa shape index (κ3) is 4.45. The van der Waals surface area contributed by atoms with Crippen molar-refractivity contribution in [3.8, 4) is 5.69 Å². The molecule has 1 amide bonds. The van der Waals surface area contributed by atoms with E-state index in [4.69, 9.17) is 0 Å². The number of carbonyl (C=O) groups excluding carboxylic acids is 1. The van der Waals surface area contributed by atoms with E-state index in [-0.39, 0.29) is 5.91 Å². The zero-order chi connectivity index (χ0) is 17.7. The maximum absolute atomic E-state index is 12.3. The lowest BCUT2D eigenvalue weighted by molar-refractivity contribution is -0.117. The van der Waals surface area contributed by atoms with Crippen LogP contribution in [-0.4, -0.2) is 40.7 Å². The van der Waals surface area contributed by atoms with E-state index < -0.39 is 0 Å². The van der Waals surface area contributed by atoms with E-state index in [1.807, 2.05) is 42.6 Å². The molecule has 0 radical (unpaired) electrons. The Balaban J connectivity index is 2.11. The van der Waals surface area contributed by atoms with Gasteiger partial charge in [-0.05, 0) is 52.9 Å². The standard InChI is InChI=1S/C19H28N4O/c1-6-7-12-22(5)13-18(24)20-19-15(3)21-23(16(19)4)17-10-8-14(2)9-11-17/h8-11H,6-7,12-13H2,1-5H3,(H,20,24). The number of unbranched alkanes of at least 4 members (excludes halogenated alkanes) is 1. The van der Waals surface area contributed by atoms with Crippen molar-refractivity contribution in [2.75, 3.05) is 25.5 Å². The number of nitrogens with zero attached hydrogens (tertiary/aromatic N) is 3. The predicted molar refractivity (Wildman–Crippen MR) is 98.8 cm³/mol. The lowest BCUT2D eigenvalue weighted by atomic mass is 10.2. The summed E-state index contributed by atoms with van der Waals surface area (Å²) < 4.78 is 1.88. The van der Waals surface area contributed by atoms with Crippen molar-refractivity contribution in [2.45, 2.75) is 40.5 Å². The number of aryl methyl sites for hydroxylation is 2. The number of aromatic nitrogens is 2. The topological polar surface area (TPSA) is 50.2 Å². The van der Waals surface area contributed by atoms with E-state index in [0.717, 1.165) is 42.1 Å². The summed E-state index contributed by atoms with van der Waals surface area (Å²) in [6.07, 6.45) is 2.24. The van der Waals surface area contributed by atoms with Crippen LogP contribution >= 0.6 is 0 Å². The zero-order valence-electron chi connectivity index (χ0n) is 15.4. The molecule has 1 aromatic heterocycles. The van der Waals surface area contributed by atoms with Gasteiger partial charge in [0, 0.05) is 0 Å². The number of likely N-dealkylation sites (N-methyl/N-ethyl adjacent to an activating group) is 1. The van der Waals surface area contributed by atoms with Crippen molar-refractivity contribution < 1.29 is 4.79 Å². The van der Waals surface area contributed by atoms with Crippen molar-refractivity contribution >= 4 is 11.6 Å². The Hall–Kier alpha value is -2.14. The molecular formula is C19H28N4O. The van der Waals surface area contributed by atoms with Gasteiger partial charge in [0.05, 0.1) is 29.3 Å². The molecule has 0 saturated carbocycles. The molecule has 0 aliphatic heterocycles. The molecule has 2 aromatic rings. The Morgan fingerprint density at radius 1 is 1.21 bits per heavy atom. The molecule has 5 nitrogen and oxygen atoms in total. The highest BCUT2D eigenvalue weighted by Gasteiger charge is 2.16. The summed E-state index contributed by atoms with van der Waals surface area (Å²) in [7, 11) is 1.98. The number of hydrogen-bond acceptors (Lipinski definition) is 3. The Morgan fingerprint density at radius 3 is 2.50 bits per heavy atom. The quantitative estimate of drug-likeness (QED) is 0.847. The summed E-state index contributed by atoms with van der Waals surface area (Å²) in [6.45, 7) is 9.45. The lowest BCUT2D eigenvalue weighted by Crippen LogP contribution is -2.31. The fourth-order valence-electron chi connectivity index (χ4n) is 2.69. The summed E-state index contributed by atoms with van der Waals surface area (Å²) in [6, 6.07) is 8.21. The molecule has 2 rings (SSSR count). The number of amides is 1. The van der Waals surface area contributed by atoms with Crippen molar-refractivity contribution in [3.05, 3.63) is 41.2 Å². The number of anilines is 1. The monoisotopic (exact) mass is 328 g/mol. The van der Waals surface area contributed by atoms with Crippen molar-refractivity contribution in [1.82, 2.24) is 14.7 Å². The van der Waals surface area contributed by atoms with E-state index in [2.05, 4.69) is 36.4 Å². The Labute approximate surface area is 144 Å². The molecule has 0 aliphatic carbocycles. The van der Waals surface area contributed by atoms with Gasteiger partial charge >= 0.3 is 0 Å². The second kappa shape index (κ2) is 8.11. The summed E-state index contributed by atoms with van der Waals surface area (Å²) in [5.41, 5.74) is 4.80. The molecule has 130 valence electrons. The van der Waals surface area contributed by atoms with Crippen molar-refractivity contribution in [1.29, 1.82) is 0 Å². The number of hydrogen-bond donors (Lipinski definition) is 1. The highest BCUT2D eigenvalue weighted by Crippen LogP contribution is 2.23. The van der Waals surface area contributed by atoms with Gasteiger partial charge in [-0.1, -0.05) is 31.0 Å². The van der Waals surface area contributed by atoms with Crippen LogP contribution in [0.15, 0.2) is 24.3 Å². The van der Waals surface area contributed by atoms with Crippen LogP contribution in [0.3, 0.4) is 0 Å². The molecule has 5 heteroatoms.